The zero-order valence-electron chi connectivity index (χ0n) is 12.2. The Morgan fingerprint density at radius 3 is 2.67 bits per heavy atom. The van der Waals surface area contributed by atoms with Gasteiger partial charge < -0.3 is 5.11 Å². The quantitative estimate of drug-likeness (QED) is 0.877. The van der Waals surface area contributed by atoms with Crippen LogP contribution in [-0.4, -0.2) is 36.2 Å². The van der Waals surface area contributed by atoms with Crippen molar-refractivity contribution in [3.8, 4) is 0 Å². The van der Waals surface area contributed by atoms with Crippen molar-refractivity contribution < 1.29 is 17.9 Å². The number of nitrogens with zero attached hydrogens (tertiary/aromatic N) is 1. The first-order valence-electron chi connectivity index (χ1n) is 7.37. The zero-order valence-corrected chi connectivity index (χ0v) is 13.0. The van der Waals surface area contributed by atoms with Gasteiger partial charge in [0.15, 0.2) is 0 Å². The van der Waals surface area contributed by atoms with Crippen LogP contribution < -0.4 is 0 Å². The highest BCUT2D eigenvalue weighted by Gasteiger charge is 2.34. The second-order valence-corrected chi connectivity index (χ2v) is 7.57. The summed E-state index contributed by atoms with van der Waals surface area (Å²) in [4.78, 5) is 0. The summed E-state index contributed by atoms with van der Waals surface area (Å²) in [6.45, 7) is 2.37. The highest BCUT2D eigenvalue weighted by molar-refractivity contribution is 7.89. The van der Waals surface area contributed by atoms with Crippen molar-refractivity contribution in [2.45, 2.75) is 44.8 Å². The molecule has 118 valence electrons. The van der Waals surface area contributed by atoms with Crippen LogP contribution in [0.4, 0.5) is 4.39 Å². The minimum atomic E-state index is -3.23. The summed E-state index contributed by atoms with van der Waals surface area (Å²) < 4.78 is 38.8. The lowest BCUT2D eigenvalue weighted by molar-refractivity contribution is 0.142. The molecule has 0 amide bonds. The number of hydrogen-bond donors (Lipinski definition) is 1. The number of sulfonamides is 1. The van der Waals surface area contributed by atoms with Crippen LogP contribution in [0.15, 0.2) is 24.3 Å². The van der Waals surface area contributed by atoms with Gasteiger partial charge in [-0.25, -0.2) is 12.8 Å². The molecule has 0 radical (unpaired) electrons. The lowest BCUT2D eigenvalue weighted by Crippen LogP contribution is -2.37. The molecule has 4 nitrogen and oxygen atoms in total. The predicted molar refractivity (Wildman–Crippen MR) is 79.8 cm³/mol. The summed E-state index contributed by atoms with van der Waals surface area (Å²) in [5.74, 6) is -0.199. The zero-order chi connectivity index (χ0) is 15.5. The fourth-order valence-electron chi connectivity index (χ4n) is 2.86. The van der Waals surface area contributed by atoms with Gasteiger partial charge in [-0.15, -0.1) is 0 Å². The van der Waals surface area contributed by atoms with E-state index in [-0.39, 0.29) is 17.6 Å². The molecule has 0 bridgehead atoms. The normalized spacial score (nSPS) is 21.6. The number of rotatable bonds is 6. The molecule has 0 spiro atoms. The number of halogens is 1. The second-order valence-electron chi connectivity index (χ2n) is 5.53. The molecular weight excluding hydrogens is 293 g/mol. The summed E-state index contributed by atoms with van der Waals surface area (Å²) in [6.07, 6.45) is 1.76. The average Bonchev–Trinajstić information content (AvgIpc) is 2.88. The molecule has 21 heavy (non-hydrogen) atoms. The van der Waals surface area contributed by atoms with E-state index in [1.165, 1.54) is 16.4 Å². The van der Waals surface area contributed by atoms with Crippen LogP contribution in [-0.2, 0) is 10.0 Å². The monoisotopic (exact) mass is 315 g/mol. The van der Waals surface area contributed by atoms with E-state index in [0.29, 0.717) is 24.9 Å². The molecule has 1 saturated heterocycles. The molecule has 0 saturated carbocycles. The van der Waals surface area contributed by atoms with Gasteiger partial charge in [-0.05, 0) is 43.4 Å². The molecule has 1 aliphatic rings. The van der Waals surface area contributed by atoms with Gasteiger partial charge in [-0.2, -0.15) is 4.31 Å². The summed E-state index contributed by atoms with van der Waals surface area (Å²) >= 11 is 0. The van der Waals surface area contributed by atoms with Crippen LogP contribution in [0, 0.1) is 5.82 Å². The van der Waals surface area contributed by atoms with Crippen LogP contribution in [0.1, 0.15) is 44.3 Å². The first-order chi connectivity index (χ1) is 9.94. The molecule has 1 aromatic rings. The Hall–Kier alpha value is -0.980. The fraction of sp³-hybridized carbons (Fsp3) is 0.600. The van der Waals surface area contributed by atoms with Crippen molar-refractivity contribution >= 4 is 10.0 Å². The van der Waals surface area contributed by atoms with E-state index < -0.39 is 16.1 Å². The predicted octanol–water partition coefficient (Wildman–Crippen LogP) is 2.45. The second kappa shape index (κ2) is 6.85. The van der Waals surface area contributed by atoms with Crippen molar-refractivity contribution in [2.75, 3.05) is 12.3 Å². The van der Waals surface area contributed by atoms with Gasteiger partial charge >= 0.3 is 0 Å². The summed E-state index contributed by atoms with van der Waals surface area (Å²) in [7, 11) is -3.23. The maximum absolute atomic E-state index is 12.9. The van der Waals surface area contributed by atoms with Crippen LogP contribution in [0.3, 0.4) is 0 Å². The van der Waals surface area contributed by atoms with Crippen LogP contribution in [0.5, 0.6) is 0 Å². The number of hydrogen-bond acceptors (Lipinski definition) is 3. The van der Waals surface area contributed by atoms with Gasteiger partial charge in [0, 0.05) is 12.6 Å². The Kier molecular flexibility index (Phi) is 5.35. The molecule has 2 rings (SSSR count). The Labute approximate surface area is 125 Å². The minimum Gasteiger partial charge on any atom is -0.388 e. The highest BCUT2D eigenvalue weighted by atomic mass is 32.2. The van der Waals surface area contributed by atoms with E-state index in [1.807, 2.05) is 6.92 Å². The van der Waals surface area contributed by atoms with E-state index >= 15 is 0 Å². The molecule has 0 aliphatic carbocycles. The third kappa shape index (κ3) is 4.02. The van der Waals surface area contributed by atoms with E-state index in [0.717, 1.165) is 12.8 Å². The molecular formula is C15H22FNO3S. The van der Waals surface area contributed by atoms with E-state index in [9.17, 15) is 17.9 Å². The maximum Gasteiger partial charge on any atom is 0.214 e. The molecule has 1 fully saturated rings. The van der Waals surface area contributed by atoms with Crippen LogP contribution in [0.2, 0.25) is 0 Å². The van der Waals surface area contributed by atoms with Crippen molar-refractivity contribution in [2.24, 2.45) is 0 Å². The Morgan fingerprint density at radius 2 is 2.05 bits per heavy atom. The van der Waals surface area contributed by atoms with Crippen LogP contribution >= 0.6 is 0 Å². The van der Waals surface area contributed by atoms with Gasteiger partial charge in [0.05, 0.1) is 11.9 Å². The third-order valence-electron chi connectivity index (χ3n) is 3.89. The molecule has 1 N–H and O–H groups in total. The van der Waals surface area contributed by atoms with Crippen molar-refractivity contribution in [3.05, 3.63) is 35.6 Å². The molecule has 1 aliphatic heterocycles. The lowest BCUT2D eigenvalue weighted by Gasteiger charge is -2.26. The maximum atomic E-state index is 12.9. The van der Waals surface area contributed by atoms with E-state index in [4.69, 9.17) is 0 Å². The SMILES string of the molecule is CCCS(=O)(=O)N1CCCC1CC(O)c1ccc(F)cc1. The molecule has 2 unspecified atom stereocenters. The largest absolute Gasteiger partial charge is 0.388 e. The van der Waals surface area contributed by atoms with Gasteiger partial charge in [0.25, 0.3) is 0 Å². The average molecular weight is 315 g/mol. The van der Waals surface area contributed by atoms with Gasteiger partial charge in [-0.3, -0.25) is 0 Å². The summed E-state index contributed by atoms with van der Waals surface area (Å²) in [5, 5.41) is 10.2. The number of aliphatic hydroxyl groups excluding tert-OH is 1. The molecule has 2 atom stereocenters. The molecule has 0 aromatic heterocycles. The first kappa shape index (κ1) is 16.4. The first-order valence-corrected chi connectivity index (χ1v) is 8.98. The standard InChI is InChI=1S/C15H22FNO3S/c1-2-10-21(19,20)17-9-3-4-14(17)11-15(18)12-5-7-13(16)8-6-12/h5-8,14-15,18H,2-4,9-11H2,1H3. The Morgan fingerprint density at radius 1 is 1.38 bits per heavy atom. The number of benzene rings is 1. The van der Waals surface area contributed by atoms with E-state index in [1.54, 1.807) is 12.1 Å². The topological polar surface area (TPSA) is 57.6 Å². The van der Waals surface area contributed by atoms with Gasteiger partial charge in [-0.1, -0.05) is 19.1 Å². The number of aliphatic hydroxyl groups is 1. The smallest absolute Gasteiger partial charge is 0.214 e. The minimum absolute atomic E-state index is 0.149. The van der Waals surface area contributed by atoms with Crippen LogP contribution in [0.25, 0.3) is 0 Å². The van der Waals surface area contributed by atoms with Crippen molar-refractivity contribution in [3.63, 3.8) is 0 Å². The summed E-state index contributed by atoms with van der Waals surface area (Å²) in [6, 6.07) is 5.53. The van der Waals surface area contributed by atoms with E-state index in [2.05, 4.69) is 0 Å². The lowest BCUT2D eigenvalue weighted by atomic mass is 10.0. The molecule has 1 aromatic carbocycles. The van der Waals surface area contributed by atoms with Gasteiger partial charge in [0.2, 0.25) is 10.0 Å². The highest BCUT2D eigenvalue weighted by Crippen LogP contribution is 2.29. The van der Waals surface area contributed by atoms with Crippen molar-refractivity contribution in [1.82, 2.24) is 4.31 Å². The van der Waals surface area contributed by atoms with Gasteiger partial charge in [0.1, 0.15) is 5.82 Å². The summed E-state index contributed by atoms with van der Waals surface area (Å²) in [5.41, 5.74) is 0.621. The fourth-order valence-corrected chi connectivity index (χ4v) is 4.67. The Balaban J connectivity index is 2.06. The third-order valence-corrected chi connectivity index (χ3v) is 6.01. The molecule has 1 heterocycles. The Bertz CT molecular complexity index is 559. The van der Waals surface area contributed by atoms with Crippen molar-refractivity contribution in [1.29, 1.82) is 0 Å². The molecule has 6 heteroatoms.